The molecule has 0 aliphatic rings. The molecule has 4 nitrogen and oxygen atoms in total. The molecule has 3 rings (SSSR count). The second-order valence-electron chi connectivity index (χ2n) is 5.26. The molecule has 0 amide bonds. The third-order valence-corrected chi connectivity index (χ3v) is 5.08. The van der Waals surface area contributed by atoms with Gasteiger partial charge in [0, 0.05) is 4.47 Å². The molecule has 6 heteroatoms. The number of thioether (sulfide) groups is 1. The summed E-state index contributed by atoms with van der Waals surface area (Å²) in [4.78, 5) is 17.7. The summed E-state index contributed by atoms with van der Waals surface area (Å²) in [5, 5.41) is 10.0. The first-order valence-corrected chi connectivity index (χ1v) is 9.16. The van der Waals surface area contributed by atoms with E-state index in [4.69, 9.17) is 5.26 Å². The number of aromatic nitrogens is 2. The summed E-state index contributed by atoms with van der Waals surface area (Å²) in [6.07, 6.45) is 0. The van der Waals surface area contributed by atoms with Crippen LogP contribution in [-0.4, -0.2) is 15.3 Å². The van der Waals surface area contributed by atoms with E-state index in [0.29, 0.717) is 16.1 Å². The fraction of sp³-hybridized carbons (Fsp3) is 0.167. The zero-order chi connectivity index (χ0) is 17.1. The van der Waals surface area contributed by atoms with E-state index < -0.39 is 0 Å². The van der Waals surface area contributed by atoms with Crippen LogP contribution in [0.15, 0.2) is 63.0 Å². The van der Waals surface area contributed by atoms with Gasteiger partial charge in [-0.1, -0.05) is 58.0 Å². The van der Waals surface area contributed by atoms with Gasteiger partial charge in [0.2, 0.25) is 0 Å². The van der Waals surface area contributed by atoms with E-state index in [1.807, 2.05) is 49.4 Å². The van der Waals surface area contributed by atoms with E-state index in [0.717, 1.165) is 10.0 Å². The van der Waals surface area contributed by atoms with Gasteiger partial charge in [0.15, 0.2) is 5.16 Å². The second-order valence-corrected chi connectivity index (χ2v) is 7.12. The molecule has 1 atom stereocenters. The van der Waals surface area contributed by atoms with Gasteiger partial charge < -0.3 is 0 Å². The van der Waals surface area contributed by atoms with Crippen LogP contribution in [0.4, 0.5) is 0 Å². The highest BCUT2D eigenvalue weighted by atomic mass is 79.9. The van der Waals surface area contributed by atoms with Crippen LogP contribution in [0.2, 0.25) is 0 Å². The third-order valence-electron chi connectivity index (χ3n) is 3.77. The molecule has 2 aromatic carbocycles. The fourth-order valence-electron chi connectivity index (χ4n) is 2.57. The second kappa shape index (κ2) is 7.20. The molecule has 1 heterocycles. The molecule has 0 N–H and O–H groups in total. The quantitative estimate of drug-likeness (QED) is 0.482. The molecule has 0 aliphatic carbocycles. The molecule has 0 bridgehead atoms. The first-order valence-electron chi connectivity index (χ1n) is 7.38. The Morgan fingerprint density at radius 2 is 2.04 bits per heavy atom. The summed E-state index contributed by atoms with van der Waals surface area (Å²) in [5.74, 6) is 0.246. The minimum atomic E-state index is -0.171. The van der Waals surface area contributed by atoms with Crippen LogP contribution in [0, 0.1) is 11.3 Å². The maximum absolute atomic E-state index is 13.1. The topological polar surface area (TPSA) is 58.7 Å². The highest BCUT2D eigenvalue weighted by Crippen LogP contribution is 2.25. The van der Waals surface area contributed by atoms with Crippen LogP contribution >= 0.6 is 27.7 Å². The Bertz CT molecular complexity index is 979. The maximum Gasteiger partial charge on any atom is 0.262 e. The summed E-state index contributed by atoms with van der Waals surface area (Å²) in [6.45, 7) is 1.97. The molecule has 0 aliphatic heterocycles. The molecule has 0 saturated carbocycles. The van der Waals surface area contributed by atoms with Crippen LogP contribution in [0.5, 0.6) is 0 Å². The van der Waals surface area contributed by atoms with Gasteiger partial charge in [0.05, 0.1) is 28.8 Å². The molecule has 0 fully saturated rings. The summed E-state index contributed by atoms with van der Waals surface area (Å²) in [6, 6.07) is 17.2. The molecule has 3 aromatic rings. The molecule has 0 radical (unpaired) electrons. The van der Waals surface area contributed by atoms with Crippen molar-refractivity contribution in [2.45, 2.75) is 18.1 Å². The Labute approximate surface area is 152 Å². The lowest BCUT2D eigenvalue weighted by Crippen LogP contribution is -2.27. The molecular weight excluding hydrogens is 386 g/mol. The van der Waals surface area contributed by atoms with Crippen molar-refractivity contribution in [3.63, 3.8) is 0 Å². The Kier molecular flexibility index (Phi) is 5.03. The van der Waals surface area contributed by atoms with Crippen molar-refractivity contribution in [3.05, 3.63) is 68.9 Å². The lowest BCUT2D eigenvalue weighted by molar-refractivity contribution is 0.549. The average molecular weight is 400 g/mol. The SMILES string of the molecule is C[C@H](c1ccccc1)n1c(SCC#N)nc2ccc(Br)cc2c1=O. The summed E-state index contributed by atoms with van der Waals surface area (Å²) < 4.78 is 2.51. The van der Waals surface area contributed by atoms with Crippen molar-refractivity contribution in [2.75, 3.05) is 5.75 Å². The van der Waals surface area contributed by atoms with Crippen molar-refractivity contribution >= 4 is 38.6 Å². The Balaban J connectivity index is 2.25. The number of hydrogen-bond acceptors (Lipinski definition) is 4. The first-order chi connectivity index (χ1) is 11.6. The van der Waals surface area contributed by atoms with Gasteiger partial charge in [-0.15, -0.1) is 0 Å². The molecule has 0 saturated heterocycles. The third kappa shape index (κ3) is 3.23. The summed E-state index contributed by atoms with van der Waals surface area (Å²) in [5.41, 5.74) is 1.56. The van der Waals surface area contributed by atoms with Crippen molar-refractivity contribution in [2.24, 2.45) is 0 Å². The van der Waals surface area contributed by atoms with Crippen molar-refractivity contribution in [1.29, 1.82) is 5.26 Å². The highest BCUT2D eigenvalue weighted by Gasteiger charge is 2.18. The van der Waals surface area contributed by atoms with Crippen molar-refractivity contribution in [1.82, 2.24) is 9.55 Å². The Morgan fingerprint density at radius 3 is 2.75 bits per heavy atom. The lowest BCUT2D eigenvalue weighted by Gasteiger charge is -2.19. The van der Waals surface area contributed by atoms with Gasteiger partial charge in [-0.3, -0.25) is 9.36 Å². The molecule has 24 heavy (non-hydrogen) atoms. The van der Waals surface area contributed by atoms with E-state index in [9.17, 15) is 4.79 Å². The number of benzene rings is 2. The van der Waals surface area contributed by atoms with Crippen LogP contribution in [-0.2, 0) is 0 Å². The lowest BCUT2D eigenvalue weighted by atomic mass is 10.1. The molecule has 0 unspecified atom stereocenters. The minimum absolute atomic E-state index is 0.0990. The fourth-order valence-corrected chi connectivity index (χ4v) is 3.67. The van der Waals surface area contributed by atoms with Gasteiger partial charge in [-0.25, -0.2) is 4.98 Å². The van der Waals surface area contributed by atoms with E-state index in [1.54, 1.807) is 10.6 Å². The van der Waals surface area contributed by atoms with Gasteiger partial charge in [-0.05, 0) is 30.7 Å². The molecule has 1 aromatic heterocycles. The van der Waals surface area contributed by atoms with Crippen molar-refractivity contribution in [3.8, 4) is 6.07 Å². The van der Waals surface area contributed by atoms with E-state index in [1.165, 1.54) is 11.8 Å². The van der Waals surface area contributed by atoms with Gasteiger partial charge in [-0.2, -0.15) is 5.26 Å². The van der Waals surface area contributed by atoms with Crippen LogP contribution in [0.1, 0.15) is 18.5 Å². The largest absolute Gasteiger partial charge is 0.280 e. The predicted octanol–water partition coefficient (Wildman–Crippen LogP) is 4.38. The highest BCUT2D eigenvalue weighted by molar-refractivity contribution is 9.10. The number of hydrogen-bond donors (Lipinski definition) is 0. The smallest absolute Gasteiger partial charge is 0.262 e. The number of fused-ring (bicyclic) bond motifs is 1. The van der Waals surface area contributed by atoms with Gasteiger partial charge in [0.1, 0.15) is 0 Å². The molecular formula is C18H14BrN3OS. The maximum atomic E-state index is 13.1. The van der Waals surface area contributed by atoms with Crippen LogP contribution in [0.25, 0.3) is 10.9 Å². The molecule has 0 spiro atoms. The first kappa shape index (κ1) is 16.7. The van der Waals surface area contributed by atoms with Crippen LogP contribution < -0.4 is 5.56 Å². The minimum Gasteiger partial charge on any atom is -0.280 e. The van der Waals surface area contributed by atoms with E-state index >= 15 is 0 Å². The predicted molar refractivity (Wildman–Crippen MR) is 100 cm³/mol. The van der Waals surface area contributed by atoms with Gasteiger partial charge in [0.25, 0.3) is 5.56 Å². The number of nitriles is 1. The Morgan fingerprint density at radius 1 is 1.29 bits per heavy atom. The number of rotatable bonds is 4. The monoisotopic (exact) mass is 399 g/mol. The van der Waals surface area contributed by atoms with E-state index in [-0.39, 0.29) is 17.4 Å². The van der Waals surface area contributed by atoms with Gasteiger partial charge >= 0.3 is 0 Å². The Hall–Kier alpha value is -2.10. The standard InChI is InChI=1S/C18H14BrN3OS/c1-12(13-5-3-2-4-6-13)22-17(23)15-11-14(19)7-8-16(15)21-18(22)24-10-9-20/h2-8,11-12H,10H2,1H3/t12-/m1/s1. The average Bonchev–Trinajstić information content (AvgIpc) is 2.61. The zero-order valence-electron chi connectivity index (χ0n) is 12.9. The normalized spacial score (nSPS) is 12.0. The summed E-state index contributed by atoms with van der Waals surface area (Å²) in [7, 11) is 0. The van der Waals surface area contributed by atoms with Crippen LogP contribution in [0.3, 0.4) is 0 Å². The number of nitrogens with zero attached hydrogens (tertiary/aromatic N) is 3. The van der Waals surface area contributed by atoms with E-state index in [2.05, 4.69) is 27.0 Å². The number of halogens is 1. The zero-order valence-corrected chi connectivity index (χ0v) is 15.3. The molecule has 120 valence electrons. The summed E-state index contributed by atoms with van der Waals surface area (Å²) >= 11 is 4.69. The van der Waals surface area contributed by atoms with Crippen molar-refractivity contribution < 1.29 is 0 Å².